The maximum Gasteiger partial charge on any atom is 0.319 e. The Morgan fingerprint density at radius 1 is 1.25 bits per heavy atom. The molecule has 0 radical (unpaired) electrons. The topological polar surface area (TPSA) is 104 Å². The number of anilines is 1. The number of benzene rings is 1. The van der Waals surface area contributed by atoms with Crippen molar-refractivity contribution >= 4 is 17.7 Å². The zero-order valence-electron chi connectivity index (χ0n) is 11.8. The Labute approximate surface area is 118 Å². The number of hydrogen-bond donors (Lipinski definition) is 4. The minimum atomic E-state index is -0.956. The van der Waals surface area contributed by atoms with Crippen molar-refractivity contribution in [3.63, 3.8) is 0 Å². The number of carbonyl (C=O) groups excluding carboxylic acids is 1. The zero-order valence-corrected chi connectivity index (χ0v) is 11.8. The number of nitrogens with two attached hydrogens (primary N) is 1. The van der Waals surface area contributed by atoms with E-state index in [1.54, 1.807) is 38.1 Å². The molecule has 1 aromatic carbocycles. The maximum atomic E-state index is 11.5. The average molecular weight is 279 g/mol. The normalized spacial score (nSPS) is 10.9. The molecule has 0 aromatic heterocycles. The van der Waals surface area contributed by atoms with Crippen LogP contribution < -0.4 is 16.4 Å². The van der Waals surface area contributed by atoms with Crippen LogP contribution in [0.25, 0.3) is 0 Å². The first-order valence-corrected chi connectivity index (χ1v) is 6.47. The van der Waals surface area contributed by atoms with E-state index in [0.29, 0.717) is 24.3 Å². The van der Waals surface area contributed by atoms with Gasteiger partial charge in [0.05, 0.1) is 5.41 Å². The van der Waals surface area contributed by atoms with Crippen LogP contribution in [0.4, 0.5) is 10.5 Å². The highest BCUT2D eigenvalue weighted by Crippen LogP contribution is 2.24. The molecule has 2 amide bonds. The van der Waals surface area contributed by atoms with Crippen LogP contribution in [-0.4, -0.2) is 30.2 Å². The largest absolute Gasteiger partial charge is 0.481 e. The quantitative estimate of drug-likeness (QED) is 0.592. The number of carbonyl (C=O) groups is 2. The average Bonchev–Trinajstić information content (AvgIpc) is 2.39. The zero-order chi connectivity index (χ0) is 15.2. The highest BCUT2D eigenvalue weighted by molar-refractivity contribution is 5.89. The Bertz CT molecular complexity index is 469. The second kappa shape index (κ2) is 6.91. The lowest BCUT2D eigenvalue weighted by Crippen LogP contribution is -2.30. The Morgan fingerprint density at radius 2 is 1.85 bits per heavy atom. The molecule has 1 rings (SSSR count). The first kappa shape index (κ1) is 16.0. The Morgan fingerprint density at radius 3 is 2.35 bits per heavy atom. The SMILES string of the molecule is CC(C)(C(=O)O)c1ccc(NC(=O)NCCCN)cc1. The number of nitrogens with one attached hydrogen (secondary N) is 2. The molecule has 0 bridgehead atoms. The van der Waals surface area contributed by atoms with Gasteiger partial charge < -0.3 is 21.5 Å². The van der Waals surface area contributed by atoms with Gasteiger partial charge in [-0.1, -0.05) is 12.1 Å². The molecule has 0 heterocycles. The number of amides is 2. The lowest BCUT2D eigenvalue weighted by molar-refractivity contribution is -0.142. The van der Waals surface area contributed by atoms with Gasteiger partial charge in [-0.2, -0.15) is 0 Å². The summed E-state index contributed by atoms with van der Waals surface area (Å²) in [6.45, 7) is 4.32. The molecule has 5 N–H and O–H groups in total. The molecule has 0 atom stereocenters. The van der Waals surface area contributed by atoms with Gasteiger partial charge in [-0.05, 0) is 44.5 Å². The highest BCUT2D eigenvalue weighted by atomic mass is 16.4. The van der Waals surface area contributed by atoms with Crippen molar-refractivity contribution in [2.75, 3.05) is 18.4 Å². The molecule has 110 valence electrons. The number of carboxylic acid groups (broad SMARTS) is 1. The van der Waals surface area contributed by atoms with Gasteiger partial charge in [-0.3, -0.25) is 4.79 Å². The molecule has 0 fully saturated rings. The Kier molecular flexibility index (Phi) is 5.52. The highest BCUT2D eigenvalue weighted by Gasteiger charge is 2.29. The summed E-state index contributed by atoms with van der Waals surface area (Å²) >= 11 is 0. The third-order valence-corrected chi connectivity index (χ3v) is 3.07. The van der Waals surface area contributed by atoms with Crippen molar-refractivity contribution in [1.82, 2.24) is 5.32 Å². The second-order valence-electron chi connectivity index (χ2n) is 5.03. The molecule has 0 aliphatic heterocycles. The van der Waals surface area contributed by atoms with Crippen LogP contribution in [0.1, 0.15) is 25.8 Å². The molecule has 0 unspecified atom stereocenters. The van der Waals surface area contributed by atoms with E-state index in [2.05, 4.69) is 10.6 Å². The van der Waals surface area contributed by atoms with Crippen molar-refractivity contribution in [1.29, 1.82) is 0 Å². The van der Waals surface area contributed by atoms with Crippen molar-refractivity contribution in [2.24, 2.45) is 5.73 Å². The van der Waals surface area contributed by atoms with Crippen LogP contribution in [0.2, 0.25) is 0 Å². The molecule has 0 saturated heterocycles. The van der Waals surface area contributed by atoms with Gasteiger partial charge in [0, 0.05) is 12.2 Å². The molecule has 0 aliphatic carbocycles. The van der Waals surface area contributed by atoms with E-state index >= 15 is 0 Å². The second-order valence-corrected chi connectivity index (χ2v) is 5.03. The van der Waals surface area contributed by atoms with Gasteiger partial charge in [-0.15, -0.1) is 0 Å². The fourth-order valence-corrected chi connectivity index (χ4v) is 1.57. The summed E-state index contributed by atoms with van der Waals surface area (Å²) in [7, 11) is 0. The number of carboxylic acids is 1. The number of aliphatic carboxylic acids is 1. The lowest BCUT2D eigenvalue weighted by atomic mass is 9.85. The molecule has 6 heteroatoms. The first-order chi connectivity index (χ1) is 9.37. The van der Waals surface area contributed by atoms with Crippen molar-refractivity contribution in [3.8, 4) is 0 Å². The van der Waals surface area contributed by atoms with Gasteiger partial charge in [0.2, 0.25) is 0 Å². The van der Waals surface area contributed by atoms with Gasteiger partial charge in [-0.25, -0.2) is 4.79 Å². The van der Waals surface area contributed by atoms with Crippen molar-refractivity contribution in [2.45, 2.75) is 25.7 Å². The summed E-state index contributed by atoms with van der Waals surface area (Å²) in [5, 5.41) is 14.5. The van der Waals surface area contributed by atoms with Crippen LogP contribution in [0.15, 0.2) is 24.3 Å². The van der Waals surface area contributed by atoms with Gasteiger partial charge >= 0.3 is 12.0 Å². The van der Waals surface area contributed by atoms with E-state index in [1.807, 2.05) is 0 Å². The molecule has 1 aromatic rings. The van der Waals surface area contributed by atoms with Crippen LogP contribution in [-0.2, 0) is 10.2 Å². The van der Waals surface area contributed by atoms with E-state index in [1.165, 1.54) is 0 Å². The molecule has 6 nitrogen and oxygen atoms in total. The molecule has 0 saturated carbocycles. The molecular formula is C14H21N3O3. The monoisotopic (exact) mass is 279 g/mol. The summed E-state index contributed by atoms with van der Waals surface area (Å²) in [4.78, 5) is 22.7. The van der Waals surface area contributed by atoms with Gasteiger partial charge in [0.1, 0.15) is 0 Å². The minimum absolute atomic E-state index is 0.302. The van der Waals surface area contributed by atoms with E-state index in [0.717, 1.165) is 6.42 Å². The Hall–Kier alpha value is -2.08. The Balaban J connectivity index is 2.63. The minimum Gasteiger partial charge on any atom is -0.481 e. The van der Waals surface area contributed by atoms with Crippen LogP contribution in [0.3, 0.4) is 0 Å². The van der Waals surface area contributed by atoms with Crippen LogP contribution in [0.5, 0.6) is 0 Å². The third kappa shape index (κ3) is 4.24. The summed E-state index contributed by atoms with van der Waals surface area (Å²) < 4.78 is 0. The summed E-state index contributed by atoms with van der Waals surface area (Å²) in [5.41, 5.74) is 5.66. The molecule has 0 aliphatic rings. The standard InChI is InChI=1S/C14H21N3O3/c1-14(2,12(18)19)10-4-6-11(7-5-10)17-13(20)16-9-3-8-15/h4-7H,3,8-9,15H2,1-2H3,(H,18,19)(H2,16,17,20). The van der Waals surface area contributed by atoms with Gasteiger partial charge in [0.25, 0.3) is 0 Å². The van der Waals surface area contributed by atoms with E-state index < -0.39 is 11.4 Å². The number of hydrogen-bond acceptors (Lipinski definition) is 3. The predicted molar refractivity (Wildman–Crippen MR) is 77.8 cm³/mol. The summed E-state index contributed by atoms with van der Waals surface area (Å²) in [5.74, 6) is -0.891. The lowest BCUT2D eigenvalue weighted by Gasteiger charge is -2.19. The summed E-state index contributed by atoms with van der Waals surface area (Å²) in [6, 6.07) is 6.46. The van der Waals surface area contributed by atoms with Crippen LogP contribution in [0, 0.1) is 0 Å². The van der Waals surface area contributed by atoms with E-state index in [9.17, 15) is 9.59 Å². The van der Waals surface area contributed by atoms with E-state index in [-0.39, 0.29) is 6.03 Å². The van der Waals surface area contributed by atoms with Crippen molar-refractivity contribution < 1.29 is 14.7 Å². The first-order valence-electron chi connectivity index (χ1n) is 6.47. The molecule has 0 spiro atoms. The molecule has 20 heavy (non-hydrogen) atoms. The van der Waals surface area contributed by atoms with E-state index in [4.69, 9.17) is 10.8 Å². The third-order valence-electron chi connectivity index (χ3n) is 3.07. The number of urea groups is 1. The van der Waals surface area contributed by atoms with Crippen LogP contribution >= 0.6 is 0 Å². The fourth-order valence-electron chi connectivity index (χ4n) is 1.57. The smallest absolute Gasteiger partial charge is 0.319 e. The predicted octanol–water partition coefficient (Wildman–Crippen LogP) is 1.52. The fraction of sp³-hybridized carbons (Fsp3) is 0.429. The van der Waals surface area contributed by atoms with Gasteiger partial charge in [0.15, 0.2) is 0 Å². The summed E-state index contributed by atoms with van der Waals surface area (Å²) in [6.07, 6.45) is 0.721. The van der Waals surface area contributed by atoms with Crippen molar-refractivity contribution in [3.05, 3.63) is 29.8 Å². The molecular weight excluding hydrogens is 258 g/mol. The number of rotatable bonds is 6. The maximum absolute atomic E-state index is 11.5.